The lowest BCUT2D eigenvalue weighted by molar-refractivity contribution is -0.154. The zero-order valence-electron chi connectivity index (χ0n) is 14.3. The van der Waals surface area contributed by atoms with E-state index in [0.29, 0.717) is 11.4 Å². The zero-order chi connectivity index (χ0) is 18.5. The Bertz CT molecular complexity index is 777. The van der Waals surface area contributed by atoms with E-state index in [0.717, 1.165) is 5.56 Å². The van der Waals surface area contributed by atoms with Crippen LogP contribution in [0.2, 0.25) is 0 Å². The van der Waals surface area contributed by atoms with Gasteiger partial charge in [-0.1, -0.05) is 12.1 Å². The molecule has 1 N–H and O–H groups in total. The molecule has 1 atom stereocenters. The highest BCUT2D eigenvalue weighted by atomic mass is 19.1. The number of hydrogen-bond donors (Lipinski definition) is 1. The molecular weight excluding hydrogens is 339 g/mol. The Kier molecular flexibility index (Phi) is 5.48. The molecule has 1 aliphatic rings. The van der Waals surface area contributed by atoms with Crippen molar-refractivity contribution < 1.29 is 23.5 Å². The summed E-state index contributed by atoms with van der Waals surface area (Å²) in [5, 5.41) is 2.78. The van der Waals surface area contributed by atoms with Crippen molar-refractivity contribution in [1.29, 1.82) is 0 Å². The molecule has 2 aromatic carbocycles. The Morgan fingerprint density at radius 1 is 1.23 bits per heavy atom. The van der Waals surface area contributed by atoms with Crippen LogP contribution < -0.4 is 10.1 Å². The summed E-state index contributed by atoms with van der Waals surface area (Å²) in [6, 6.07) is 12.0. The van der Waals surface area contributed by atoms with E-state index in [1.165, 1.54) is 17.0 Å². The number of nitrogens with one attached hydrogen (secondary N) is 1. The number of benzene rings is 2. The first-order valence-corrected chi connectivity index (χ1v) is 8.13. The maximum atomic E-state index is 13.1. The number of hydrogen-bond acceptors (Lipinski definition) is 4. The minimum absolute atomic E-state index is 0.0759. The molecule has 26 heavy (non-hydrogen) atoms. The molecule has 6 nitrogen and oxygen atoms in total. The first-order chi connectivity index (χ1) is 12.6. The molecule has 0 spiro atoms. The van der Waals surface area contributed by atoms with Crippen molar-refractivity contribution in [2.45, 2.75) is 12.6 Å². The van der Waals surface area contributed by atoms with E-state index in [1.807, 2.05) is 0 Å². The number of nitrogens with zero attached hydrogens (tertiary/aromatic N) is 1. The monoisotopic (exact) mass is 358 g/mol. The summed E-state index contributed by atoms with van der Waals surface area (Å²) in [5.74, 6) is -0.297. The molecule has 2 aromatic rings. The Hall–Kier alpha value is -2.93. The summed E-state index contributed by atoms with van der Waals surface area (Å²) < 4.78 is 23.4. The topological polar surface area (TPSA) is 67.9 Å². The van der Waals surface area contributed by atoms with E-state index in [-0.39, 0.29) is 37.4 Å². The van der Waals surface area contributed by atoms with E-state index in [1.54, 1.807) is 43.5 Å². The summed E-state index contributed by atoms with van der Waals surface area (Å²) in [4.78, 5) is 26.3. The Balaban J connectivity index is 1.72. The van der Waals surface area contributed by atoms with Crippen molar-refractivity contribution in [1.82, 2.24) is 4.90 Å². The van der Waals surface area contributed by atoms with Crippen molar-refractivity contribution in [3.05, 3.63) is 59.9 Å². The van der Waals surface area contributed by atoms with Crippen molar-refractivity contribution in [3.8, 4) is 5.75 Å². The summed E-state index contributed by atoms with van der Waals surface area (Å²) in [7, 11) is 1.56. The third kappa shape index (κ3) is 4.18. The number of anilines is 1. The number of carbonyl (C=O) groups is 2. The van der Waals surface area contributed by atoms with Gasteiger partial charge in [-0.3, -0.25) is 9.59 Å². The summed E-state index contributed by atoms with van der Waals surface area (Å²) in [6.45, 7) is 0.242. The Morgan fingerprint density at radius 3 is 2.58 bits per heavy atom. The highest BCUT2D eigenvalue weighted by molar-refractivity contribution is 5.98. The van der Waals surface area contributed by atoms with Gasteiger partial charge in [0.1, 0.15) is 24.2 Å². The lowest BCUT2D eigenvalue weighted by Crippen LogP contribution is -2.54. The molecule has 136 valence electrons. The van der Waals surface area contributed by atoms with Crippen molar-refractivity contribution in [2.75, 3.05) is 25.6 Å². The van der Waals surface area contributed by atoms with Gasteiger partial charge in [-0.05, 0) is 42.0 Å². The fraction of sp³-hybridized carbons (Fsp3) is 0.263. The number of ether oxygens (including phenoxy) is 2. The maximum Gasteiger partial charge on any atom is 0.249 e. The fourth-order valence-corrected chi connectivity index (χ4v) is 2.71. The number of rotatable bonds is 5. The Morgan fingerprint density at radius 2 is 1.92 bits per heavy atom. The van der Waals surface area contributed by atoms with Crippen LogP contribution in [0.4, 0.5) is 10.1 Å². The normalized spacial score (nSPS) is 17.1. The van der Waals surface area contributed by atoms with E-state index >= 15 is 0 Å². The van der Waals surface area contributed by atoms with Gasteiger partial charge in [-0.2, -0.15) is 0 Å². The predicted octanol–water partition coefficient (Wildman–Crippen LogP) is 2.20. The van der Waals surface area contributed by atoms with Crippen molar-refractivity contribution >= 4 is 17.5 Å². The van der Waals surface area contributed by atoms with Crippen LogP contribution in [0.3, 0.4) is 0 Å². The van der Waals surface area contributed by atoms with Crippen LogP contribution >= 0.6 is 0 Å². The van der Waals surface area contributed by atoms with E-state index < -0.39 is 6.04 Å². The van der Waals surface area contributed by atoms with E-state index in [4.69, 9.17) is 9.47 Å². The number of carbonyl (C=O) groups excluding carboxylic acids is 2. The van der Waals surface area contributed by atoms with Crippen molar-refractivity contribution in [3.63, 3.8) is 0 Å². The molecule has 1 aliphatic heterocycles. The highest BCUT2D eigenvalue weighted by Crippen LogP contribution is 2.18. The van der Waals surface area contributed by atoms with Gasteiger partial charge in [0.2, 0.25) is 11.8 Å². The summed E-state index contributed by atoms with van der Waals surface area (Å²) in [6.07, 6.45) is 0. The second-order valence-electron chi connectivity index (χ2n) is 5.90. The zero-order valence-corrected chi connectivity index (χ0v) is 14.3. The lowest BCUT2D eigenvalue weighted by Gasteiger charge is -2.34. The first kappa shape index (κ1) is 17.9. The molecular formula is C19H19FN2O4. The molecule has 0 bridgehead atoms. The van der Waals surface area contributed by atoms with Gasteiger partial charge in [-0.15, -0.1) is 0 Å². The van der Waals surface area contributed by atoms with E-state index in [9.17, 15) is 14.0 Å². The number of amides is 2. The number of methoxy groups -OCH3 is 1. The third-order valence-corrected chi connectivity index (χ3v) is 4.12. The van der Waals surface area contributed by atoms with Crippen LogP contribution in [0.15, 0.2) is 48.5 Å². The maximum absolute atomic E-state index is 13.1. The largest absolute Gasteiger partial charge is 0.497 e. The molecule has 0 saturated carbocycles. The van der Waals surface area contributed by atoms with Gasteiger partial charge >= 0.3 is 0 Å². The number of morpholine rings is 1. The minimum atomic E-state index is -0.761. The molecule has 0 radical (unpaired) electrons. The van der Waals surface area contributed by atoms with Crippen LogP contribution in [0.1, 0.15) is 5.56 Å². The van der Waals surface area contributed by atoms with Crippen LogP contribution in [0.5, 0.6) is 5.75 Å². The first-order valence-electron chi connectivity index (χ1n) is 8.13. The highest BCUT2D eigenvalue weighted by Gasteiger charge is 2.34. The van der Waals surface area contributed by atoms with Gasteiger partial charge in [0.15, 0.2) is 0 Å². The molecule has 2 amide bonds. The standard InChI is InChI=1S/C19H19FN2O4/c1-25-16-8-6-15(7-9-16)21-19(24)17-11-26-12-18(23)22(17)10-13-2-4-14(20)5-3-13/h2-9,17H,10-12H2,1H3,(H,21,24)/t17-/m0/s1. The molecule has 0 unspecified atom stereocenters. The molecule has 0 aliphatic carbocycles. The quantitative estimate of drug-likeness (QED) is 0.890. The lowest BCUT2D eigenvalue weighted by atomic mass is 10.1. The summed E-state index contributed by atoms with van der Waals surface area (Å²) >= 11 is 0. The molecule has 1 fully saturated rings. The SMILES string of the molecule is COc1ccc(NC(=O)[C@@H]2COCC(=O)N2Cc2ccc(F)cc2)cc1. The van der Waals surface area contributed by atoms with Gasteiger partial charge < -0.3 is 19.7 Å². The second kappa shape index (κ2) is 7.97. The minimum Gasteiger partial charge on any atom is -0.497 e. The van der Waals surface area contributed by atoms with Crippen LogP contribution in [-0.4, -0.2) is 43.1 Å². The smallest absolute Gasteiger partial charge is 0.249 e. The summed E-state index contributed by atoms with van der Waals surface area (Å²) in [5.41, 5.74) is 1.33. The van der Waals surface area contributed by atoms with E-state index in [2.05, 4.69) is 5.32 Å². The third-order valence-electron chi connectivity index (χ3n) is 4.12. The van der Waals surface area contributed by atoms with Crippen molar-refractivity contribution in [2.24, 2.45) is 0 Å². The molecule has 7 heteroatoms. The van der Waals surface area contributed by atoms with Gasteiger partial charge in [-0.25, -0.2) is 4.39 Å². The molecule has 1 saturated heterocycles. The van der Waals surface area contributed by atoms with Gasteiger partial charge in [0, 0.05) is 12.2 Å². The van der Waals surface area contributed by atoms with Crippen LogP contribution in [-0.2, 0) is 20.9 Å². The van der Waals surface area contributed by atoms with Gasteiger partial charge in [0.05, 0.1) is 13.7 Å². The van der Waals surface area contributed by atoms with Crippen LogP contribution in [0, 0.1) is 5.82 Å². The molecule has 3 rings (SSSR count). The fourth-order valence-electron chi connectivity index (χ4n) is 2.71. The average Bonchev–Trinajstić information content (AvgIpc) is 2.65. The predicted molar refractivity (Wildman–Crippen MR) is 93.2 cm³/mol. The average molecular weight is 358 g/mol. The second-order valence-corrected chi connectivity index (χ2v) is 5.90. The molecule has 1 heterocycles. The van der Waals surface area contributed by atoms with Gasteiger partial charge in [0.25, 0.3) is 0 Å². The molecule has 0 aromatic heterocycles. The number of halogens is 1. The van der Waals surface area contributed by atoms with Crippen LogP contribution in [0.25, 0.3) is 0 Å². The Labute approximate surface area is 150 Å².